The van der Waals surface area contributed by atoms with Gasteiger partial charge in [0.2, 0.25) is 0 Å². The van der Waals surface area contributed by atoms with Gasteiger partial charge < -0.3 is 15.7 Å². The standard InChI is InChI=1S/C17H21N3O2S2/c1-11-10-23-17(18-11)24-13-8-6-12(7-9-13)19-16(22)20-14-4-2-3-5-15(14)21/h6-10,14-15,21H,2-5H2,1H3,(H2,19,20,22). The molecule has 1 saturated carbocycles. The highest BCUT2D eigenvalue weighted by Gasteiger charge is 2.24. The quantitative estimate of drug-likeness (QED) is 0.767. The number of thiazole rings is 1. The fourth-order valence-electron chi connectivity index (χ4n) is 2.70. The predicted molar refractivity (Wildman–Crippen MR) is 97.8 cm³/mol. The lowest BCUT2D eigenvalue weighted by Gasteiger charge is -2.28. The summed E-state index contributed by atoms with van der Waals surface area (Å²) in [5.41, 5.74) is 1.76. The Hall–Kier alpha value is -1.57. The van der Waals surface area contributed by atoms with Crippen LogP contribution in [0.2, 0.25) is 0 Å². The summed E-state index contributed by atoms with van der Waals surface area (Å²) in [6.07, 6.45) is 3.22. The Kier molecular flexibility index (Phi) is 5.76. The predicted octanol–water partition coefficient (Wildman–Crippen LogP) is 4.03. The van der Waals surface area contributed by atoms with Gasteiger partial charge in [-0.1, -0.05) is 24.6 Å². The minimum atomic E-state index is -0.440. The van der Waals surface area contributed by atoms with Crippen LogP contribution in [0, 0.1) is 6.92 Å². The maximum atomic E-state index is 12.1. The summed E-state index contributed by atoms with van der Waals surface area (Å²) in [7, 11) is 0. The topological polar surface area (TPSA) is 74.2 Å². The number of hydrogen-bond acceptors (Lipinski definition) is 5. The van der Waals surface area contributed by atoms with Crippen LogP contribution in [0.1, 0.15) is 31.4 Å². The van der Waals surface area contributed by atoms with Crippen molar-refractivity contribution in [3.63, 3.8) is 0 Å². The minimum Gasteiger partial charge on any atom is -0.391 e. The molecule has 0 bridgehead atoms. The molecule has 1 aromatic carbocycles. The van der Waals surface area contributed by atoms with Crippen molar-refractivity contribution >= 4 is 34.8 Å². The van der Waals surface area contributed by atoms with Crippen molar-refractivity contribution in [2.45, 2.75) is 54.0 Å². The van der Waals surface area contributed by atoms with Gasteiger partial charge in [-0.3, -0.25) is 0 Å². The van der Waals surface area contributed by atoms with E-state index in [-0.39, 0.29) is 12.1 Å². The second-order valence-electron chi connectivity index (χ2n) is 5.94. The first-order chi connectivity index (χ1) is 11.6. The number of hydrogen-bond donors (Lipinski definition) is 3. The largest absolute Gasteiger partial charge is 0.391 e. The van der Waals surface area contributed by atoms with Gasteiger partial charge in [0.25, 0.3) is 0 Å². The van der Waals surface area contributed by atoms with Crippen LogP contribution in [-0.2, 0) is 0 Å². The zero-order valence-corrected chi connectivity index (χ0v) is 15.1. The van der Waals surface area contributed by atoms with Gasteiger partial charge in [0, 0.05) is 21.7 Å². The van der Waals surface area contributed by atoms with Gasteiger partial charge in [0.1, 0.15) is 0 Å². The molecule has 0 saturated heterocycles. The average Bonchev–Trinajstić information content (AvgIpc) is 2.96. The summed E-state index contributed by atoms with van der Waals surface area (Å²) in [5.74, 6) is 0. The molecule has 2 unspecified atom stereocenters. The van der Waals surface area contributed by atoms with E-state index in [2.05, 4.69) is 15.6 Å². The maximum Gasteiger partial charge on any atom is 0.319 e. The number of carbonyl (C=O) groups is 1. The van der Waals surface area contributed by atoms with Gasteiger partial charge in [-0.05, 0) is 44.0 Å². The van der Waals surface area contributed by atoms with E-state index in [0.29, 0.717) is 0 Å². The fourth-order valence-corrected chi connectivity index (χ4v) is 4.51. The van der Waals surface area contributed by atoms with Crippen LogP contribution in [0.15, 0.2) is 38.9 Å². The van der Waals surface area contributed by atoms with Crippen LogP contribution in [0.25, 0.3) is 0 Å². The molecule has 2 aromatic rings. The van der Waals surface area contributed by atoms with Gasteiger partial charge in [-0.15, -0.1) is 11.3 Å². The molecule has 1 heterocycles. The van der Waals surface area contributed by atoms with Crippen LogP contribution in [0.3, 0.4) is 0 Å². The zero-order chi connectivity index (χ0) is 16.9. The molecule has 2 atom stereocenters. The van der Waals surface area contributed by atoms with Crippen molar-refractivity contribution in [1.29, 1.82) is 0 Å². The van der Waals surface area contributed by atoms with E-state index >= 15 is 0 Å². The normalized spacial score (nSPS) is 20.6. The Morgan fingerprint density at radius 1 is 1.29 bits per heavy atom. The van der Waals surface area contributed by atoms with Gasteiger partial charge in [-0.2, -0.15) is 0 Å². The zero-order valence-electron chi connectivity index (χ0n) is 13.5. The average molecular weight is 364 g/mol. The summed E-state index contributed by atoms with van der Waals surface area (Å²) < 4.78 is 1.01. The molecule has 2 amide bonds. The number of amides is 2. The van der Waals surface area contributed by atoms with Crippen molar-refractivity contribution in [2.24, 2.45) is 0 Å². The third-order valence-electron chi connectivity index (χ3n) is 3.96. The SMILES string of the molecule is Cc1csc(Sc2ccc(NC(=O)NC3CCCCC3O)cc2)n1. The highest BCUT2D eigenvalue weighted by Crippen LogP contribution is 2.30. The van der Waals surface area contributed by atoms with Crippen LogP contribution >= 0.6 is 23.1 Å². The number of urea groups is 1. The monoisotopic (exact) mass is 363 g/mol. The molecule has 3 rings (SSSR count). The molecule has 24 heavy (non-hydrogen) atoms. The number of aliphatic hydroxyl groups is 1. The van der Waals surface area contributed by atoms with E-state index in [0.717, 1.165) is 46.3 Å². The molecule has 3 N–H and O–H groups in total. The van der Waals surface area contributed by atoms with Crippen molar-refractivity contribution in [2.75, 3.05) is 5.32 Å². The summed E-state index contributed by atoms with van der Waals surface area (Å²) >= 11 is 3.24. The summed E-state index contributed by atoms with van der Waals surface area (Å²) in [4.78, 5) is 17.6. The lowest BCUT2D eigenvalue weighted by molar-refractivity contribution is 0.0955. The lowest BCUT2D eigenvalue weighted by Crippen LogP contribution is -2.46. The molecule has 0 spiro atoms. The van der Waals surface area contributed by atoms with Crippen molar-refractivity contribution in [3.05, 3.63) is 35.3 Å². The first-order valence-corrected chi connectivity index (χ1v) is 9.75. The molecule has 1 aliphatic carbocycles. The van der Waals surface area contributed by atoms with Crippen LogP contribution in [0.5, 0.6) is 0 Å². The van der Waals surface area contributed by atoms with Crippen molar-refractivity contribution < 1.29 is 9.90 Å². The van der Waals surface area contributed by atoms with E-state index < -0.39 is 6.10 Å². The third-order valence-corrected chi connectivity index (χ3v) is 6.03. The summed E-state index contributed by atoms with van der Waals surface area (Å²) in [6.45, 7) is 1.98. The Morgan fingerprint density at radius 2 is 2.04 bits per heavy atom. The Balaban J connectivity index is 1.52. The van der Waals surface area contributed by atoms with E-state index in [4.69, 9.17) is 0 Å². The smallest absolute Gasteiger partial charge is 0.319 e. The van der Waals surface area contributed by atoms with Gasteiger partial charge in [-0.25, -0.2) is 9.78 Å². The Bertz CT molecular complexity index is 687. The molecule has 0 radical (unpaired) electrons. The number of aryl methyl sites for hydroxylation is 1. The number of carbonyl (C=O) groups excluding carboxylic acids is 1. The fraction of sp³-hybridized carbons (Fsp3) is 0.412. The molecule has 128 valence electrons. The second kappa shape index (κ2) is 8.00. The summed E-state index contributed by atoms with van der Waals surface area (Å²) in [6, 6.07) is 7.26. The highest BCUT2D eigenvalue weighted by atomic mass is 32.2. The Morgan fingerprint density at radius 3 is 2.71 bits per heavy atom. The molecule has 7 heteroatoms. The molecule has 1 aromatic heterocycles. The first-order valence-electron chi connectivity index (χ1n) is 8.06. The van der Waals surface area contributed by atoms with Crippen LogP contribution in [0.4, 0.5) is 10.5 Å². The van der Waals surface area contributed by atoms with Gasteiger partial charge in [0.15, 0.2) is 4.34 Å². The molecular formula is C17H21N3O2S2. The number of aromatic nitrogens is 1. The number of nitrogens with one attached hydrogen (secondary N) is 2. The van der Waals surface area contributed by atoms with E-state index in [1.165, 1.54) is 0 Å². The number of aliphatic hydroxyl groups excluding tert-OH is 1. The van der Waals surface area contributed by atoms with Gasteiger partial charge >= 0.3 is 6.03 Å². The molecule has 0 aliphatic heterocycles. The van der Waals surface area contributed by atoms with E-state index in [1.54, 1.807) is 23.1 Å². The molecule has 1 aliphatic rings. The lowest BCUT2D eigenvalue weighted by atomic mass is 9.93. The van der Waals surface area contributed by atoms with Crippen LogP contribution in [-0.4, -0.2) is 28.3 Å². The Labute approximate surface area is 149 Å². The van der Waals surface area contributed by atoms with Crippen molar-refractivity contribution in [1.82, 2.24) is 10.3 Å². The third kappa shape index (κ3) is 4.72. The van der Waals surface area contributed by atoms with Crippen molar-refractivity contribution in [3.8, 4) is 0 Å². The van der Waals surface area contributed by atoms with E-state index in [9.17, 15) is 9.90 Å². The molecular weight excluding hydrogens is 342 g/mol. The number of anilines is 1. The number of nitrogens with zero attached hydrogens (tertiary/aromatic N) is 1. The molecule has 1 fully saturated rings. The maximum absolute atomic E-state index is 12.1. The van der Waals surface area contributed by atoms with Crippen LogP contribution < -0.4 is 10.6 Å². The highest BCUT2D eigenvalue weighted by molar-refractivity contribution is 8.01. The van der Waals surface area contributed by atoms with Gasteiger partial charge in [0.05, 0.1) is 12.1 Å². The number of rotatable bonds is 4. The summed E-state index contributed by atoms with van der Waals surface area (Å²) in [5, 5.41) is 17.6. The second-order valence-corrected chi connectivity index (χ2v) is 8.12. The first kappa shape index (κ1) is 17.3. The minimum absolute atomic E-state index is 0.151. The number of benzene rings is 1. The molecule has 5 nitrogen and oxygen atoms in total. The van der Waals surface area contributed by atoms with E-state index in [1.807, 2.05) is 36.6 Å².